The molecule has 1 aromatic rings. The molecule has 2 N–H and O–H groups in total. The van der Waals surface area contributed by atoms with Gasteiger partial charge in [0.15, 0.2) is 0 Å². The molecule has 0 heterocycles. The van der Waals surface area contributed by atoms with Crippen LogP contribution in [0.5, 0.6) is 0 Å². The molecule has 0 unspecified atom stereocenters. The fourth-order valence-electron chi connectivity index (χ4n) is 2.89. The van der Waals surface area contributed by atoms with Crippen LogP contribution in [0.2, 0.25) is 0 Å². The van der Waals surface area contributed by atoms with Crippen molar-refractivity contribution in [3.05, 3.63) is 35.9 Å². The Balaban J connectivity index is 1.61. The zero-order valence-corrected chi connectivity index (χ0v) is 11.2. The molecular weight excluding hydrogens is 222 g/mol. The summed E-state index contributed by atoms with van der Waals surface area (Å²) in [4.78, 5) is 0. The second-order valence-corrected chi connectivity index (χ2v) is 5.52. The maximum Gasteiger partial charge on any atom is 0.0613 e. The van der Waals surface area contributed by atoms with Crippen molar-refractivity contribution in [1.29, 1.82) is 0 Å². The summed E-state index contributed by atoms with van der Waals surface area (Å²) in [6, 6.07) is 10.7. The minimum absolute atomic E-state index is 0.0484. The van der Waals surface area contributed by atoms with Crippen molar-refractivity contribution in [1.82, 2.24) is 5.32 Å². The van der Waals surface area contributed by atoms with Crippen molar-refractivity contribution < 1.29 is 5.11 Å². The van der Waals surface area contributed by atoms with Crippen LogP contribution >= 0.6 is 0 Å². The number of aliphatic hydroxyl groups excluding tert-OH is 1. The summed E-state index contributed by atoms with van der Waals surface area (Å²) in [5, 5.41) is 13.1. The highest BCUT2D eigenvalue weighted by molar-refractivity contribution is 5.14. The quantitative estimate of drug-likeness (QED) is 0.726. The monoisotopic (exact) mass is 247 g/mol. The van der Waals surface area contributed by atoms with Crippen LogP contribution in [0.15, 0.2) is 30.3 Å². The van der Waals surface area contributed by atoms with Crippen LogP contribution in [0, 0.1) is 0 Å². The van der Waals surface area contributed by atoms with E-state index in [-0.39, 0.29) is 5.54 Å². The predicted octanol–water partition coefficient (Wildman–Crippen LogP) is 2.90. The third kappa shape index (κ3) is 3.82. The summed E-state index contributed by atoms with van der Waals surface area (Å²) >= 11 is 0. The second-order valence-electron chi connectivity index (χ2n) is 5.52. The Morgan fingerprint density at radius 1 is 1.06 bits per heavy atom. The number of aryl methyl sites for hydroxylation is 1. The lowest BCUT2D eigenvalue weighted by Crippen LogP contribution is -2.46. The summed E-state index contributed by atoms with van der Waals surface area (Å²) in [5.41, 5.74) is 1.47. The number of unbranched alkanes of at least 4 members (excludes halogenated alkanes) is 1. The van der Waals surface area contributed by atoms with Crippen LogP contribution in [0.1, 0.15) is 44.1 Å². The lowest BCUT2D eigenvalue weighted by molar-refractivity contribution is 0.164. The van der Waals surface area contributed by atoms with E-state index >= 15 is 0 Å². The van der Waals surface area contributed by atoms with Crippen LogP contribution in [0.3, 0.4) is 0 Å². The summed E-state index contributed by atoms with van der Waals surface area (Å²) in [5.74, 6) is 0. The molecule has 2 rings (SSSR count). The van der Waals surface area contributed by atoms with Gasteiger partial charge in [-0.1, -0.05) is 43.2 Å². The third-order valence-corrected chi connectivity index (χ3v) is 4.10. The molecule has 0 aromatic heterocycles. The molecule has 0 radical (unpaired) electrons. The minimum Gasteiger partial charge on any atom is -0.394 e. The normalized spacial score (nSPS) is 18.1. The molecule has 18 heavy (non-hydrogen) atoms. The van der Waals surface area contributed by atoms with Crippen LogP contribution in [0.25, 0.3) is 0 Å². The van der Waals surface area contributed by atoms with Gasteiger partial charge in [0.25, 0.3) is 0 Å². The molecule has 0 saturated heterocycles. The zero-order valence-electron chi connectivity index (χ0n) is 11.2. The maximum atomic E-state index is 9.49. The third-order valence-electron chi connectivity index (χ3n) is 4.10. The van der Waals surface area contributed by atoms with Crippen molar-refractivity contribution >= 4 is 0 Å². The molecule has 1 aromatic carbocycles. The summed E-state index contributed by atoms with van der Waals surface area (Å²) in [6.45, 7) is 1.33. The van der Waals surface area contributed by atoms with Crippen molar-refractivity contribution in [2.75, 3.05) is 13.2 Å². The first-order valence-electron chi connectivity index (χ1n) is 7.24. The highest BCUT2D eigenvalue weighted by atomic mass is 16.3. The van der Waals surface area contributed by atoms with E-state index in [1.165, 1.54) is 31.2 Å². The standard InChI is InChI=1S/C16H25NO/c18-14-16(11-5-6-12-16)17-13-7-4-10-15-8-2-1-3-9-15/h1-3,8-9,17-18H,4-7,10-14H2. The van der Waals surface area contributed by atoms with Crippen LogP contribution < -0.4 is 5.32 Å². The van der Waals surface area contributed by atoms with Gasteiger partial charge in [0.2, 0.25) is 0 Å². The highest BCUT2D eigenvalue weighted by Crippen LogP contribution is 2.28. The van der Waals surface area contributed by atoms with Gasteiger partial charge in [-0.05, 0) is 44.2 Å². The molecule has 0 aliphatic heterocycles. The van der Waals surface area contributed by atoms with E-state index in [1.807, 2.05) is 0 Å². The topological polar surface area (TPSA) is 32.3 Å². The van der Waals surface area contributed by atoms with Gasteiger partial charge in [-0.2, -0.15) is 0 Å². The number of nitrogens with one attached hydrogen (secondary N) is 1. The van der Waals surface area contributed by atoms with Crippen molar-refractivity contribution in [2.24, 2.45) is 0 Å². The average molecular weight is 247 g/mol. The number of hydrogen-bond acceptors (Lipinski definition) is 2. The minimum atomic E-state index is 0.0484. The number of aliphatic hydroxyl groups is 1. The fraction of sp³-hybridized carbons (Fsp3) is 0.625. The van der Waals surface area contributed by atoms with Crippen LogP contribution in [-0.2, 0) is 6.42 Å². The fourth-order valence-corrected chi connectivity index (χ4v) is 2.89. The van der Waals surface area contributed by atoms with Gasteiger partial charge >= 0.3 is 0 Å². The second kappa shape index (κ2) is 6.91. The molecule has 1 aliphatic rings. The molecule has 1 aliphatic carbocycles. The van der Waals surface area contributed by atoms with E-state index in [0.717, 1.165) is 25.8 Å². The lowest BCUT2D eigenvalue weighted by Gasteiger charge is -2.28. The molecule has 100 valence electrons. The van der Waals surface area contributed by atoms with E-state index in [2.05, 4.69) is 35.6 Å². The Morgan fingerprint density at radius 3 is 2.44 bits per heavy atom. The van der Waals surface area contributed by atoms with E-state index in [4.69, 9.17) is 0 Å². The molecule has 0 spiro atoms. The number of hydrogen-bond donors (Lipinski definition) is 2. The van der Waals surface area contributed by atoms with Gasteiger partial charge in [0, 0.05) is 5.54 Å². The van der Waals surface area contributed by atoms with E-state index < -0.39 is 0 Å². The Kier molecular flexibility index (Phi) is 5.21. The molecule has 0 amide bonds. The lowest BCUT2D eigenvalue weighted by atomic mass is 9.98. The molecular formula is C16H25NO. The van der Waals surface area contributed by atoms with E-state index in [1.54, 1.807) is 0 Å². The van der Waals surface area contributed by atoms with Crippen LogP contribution in [0.4, 0.5) is 0 Å². The summed E-state index contributed by atoms with van der Waals surface area (Å²) in [6.07, 6.45) is 8.38. The van der Waals surface area contributed by atoms with Gasteiger partial charge in [-0.25, -0.2) is 0 Å². The number of benzene rings is 1. The van der Waals surface area contributed by atoms with E-state index in [0.29, 0.717) is 6.61 Å². The Bertz CT molecular complexity index is 330. The predicted molar refractivity (Wildman–Crippen MR) is 75.7 cm³/mol. The van der Waals surface area contributed by atoms with Crippen molar-refractivity contribution in [3.63, 3.8) is 0 Å². The Morgan fingerprint density at radius 2 is 1.78 bits per heavy atom. The Labute approximate surface area is 110 Å². The molecule has 2 heteroatoms. The Hall–Kier alpha value is -0.860. The molecule has 1 saturated carbocycles. The number of rotatable bonds is 7. The first kappa shape index (κ1) is 13.6. The molecule has 1 fully saturated rings. The largest absolute Gasteiger partial charge is 0.394 e. The van der Waals surface area contributed by atoms with Gasteiger partial charge in [-0.15, -0.1) is 0 Å². The molecule has 0 atom stereocenters. The first-order chi connectivity index (χ1) is 8.85. The summed E-state index contributed by atoms with van der Waals surface area (Å²) in [7, 11) is 0. The SMILES string of the molecule is OCC1(NCCCCc2ccccc2)CCCC1. The van der Waals surface area contributed by atoms with Crippen molar-refractivity contribution in [2.45, 2.75) is 50.5 Å². The van der Waals surface area contributed by atoms with Gasteiger partial charge in [0.1, 0.15) is 0 Å². The van der Waals surface area contributed by atoms with Gasteiger partial charge in [0.05, 0.1) is 6.61 Å². The van der Waals surface area contributed by atoms with Crippen LogP contribution in [-0.4, -0.2) is 23.8 Å². The van der Waals surface area contributed by atoms with Gasteiger partial charge in [-0.3, -0.25) is 0 Å². The zero-order chi connectivity index (χ0) is 12.7. The smallest absolute Gasteiger partial charge is 0.0613 e. The average Bonchev–Trinajstić information content (AvgIpc) is 2.89. The highest BCUT2D eigenvalue weighted by Gasteiger charge is 2.31. The molecule has 2 nitrogen and oxygen atoms in total. The first-order valence-corrected chi connectivity index (χ1v) is 7.24. The molecule has 0 bridgehead atoms. The summed E-state index contributed by atoms with van der Waals surface area (Å²) < 4.78 is 0. The van der Waals surface area contributed by atoms with Gasteiger partial charge < -0.3 is 10.4 Å². The maximum absolute atomic E-state index is 9.49. The van der Waals surface area contributed by atoms with E-state index in [9.17, 15) is 5.11 Å². The van der Waals surface area contributed by atoms with Crippen molar-refractivity contribution in [3.8, 4) is 0 Å².